The predicted octanol–water partition coefficient (Wildman–Crippen LogP) is -10.6. The first kappa shape index (κ1) is 58.5. The molecule has 17 N–H and O–H groups in total. The second-order valence-corrected chi connectivity index (χ2v) is 19.7. The molecule has 22 fully saturated rings. The summed E-state index contributed by atoms with van der Waals surface area (Å²) in [5.74, 6) is -0.283. The highest BCUT2D eigenvalue weighted by molar-refractivity contribution is 5.01. The van der Waals surface area contributed by atoms with Gasteiger partial charge in [0, 0.05) is 0 Å². The van der Waals surface area contributed by atoms with E-state index in [0.29, 0.717) is 0 Å². The molecule has 0 radical (unpaired) electrons. The molecule has 30 heteroatoms. The van der Waals surface area contributed by atoms with Gasteiger partial charge in [0.05, 0.1) is 45.2 Å². The van der Waals surface area contributed by atoms with Crippen molar-refractivity contribution in [1.82, 2.24) is 0 Å². The molecule has 0 amide bonds. The Balaban J connectivity index is 1.23. The fraction of sp³-hybridized carbons (Fsp3) is 1.00. The molecule has 22 heterocycles. The summed E-state index contributed by atoms with van der Waals surface area (Å²) in [6, 6.07) is 0. The number of hydrogen-bond donors (Lipinski definition) is 17. The molecule has 0 aromatic heterocycles. The third-order valence-corrected chi connectivity index (χ3v) is 14.5. The van der Waals surface area contributed by atoms with Gasteiger partial charge in [-0.2, -0.15) is 0 Å². The number of hydrogen-bond acceptors (Lipinski definition) is 30. The molecule has 0 aliphatic carbocycles. The second kappa shape index (κ2) is 24.2. The van der Waals surface area contributed by atoms with Crippen LogP contribution in [0.5, 0.6) is 0 Å². The number of aliphatic hydroxyl groups excluding tert-OH is 17. The monoisotopic (exact) mass is 1060 g/mol. The van der Waals surface area contributed by atoms with Gasteiger partial charge in [0.1, 0.15) is 146 Å². The first-order chi connectivity index (χ1) is 34.0. The van der Waals surface area contributed by atoms with Crippen LogP contribution >= 0.6 is 0 Å². The van der Waals surface area contributed by atoms with Crippen molar-refractivity contribution in [3.8, 4) is 0 Å². The van der Waals surface area contributed by atoms with Crippen LogP contribution in [0.3, 0.4) is 0 Å². The van der Waals surface area contributed by atoms with Gasteiger partial charge in [0.15, 0.2) is 37.7 Å². The maximum Gasteiger partial charge on any atom is 0.187 e. The van der Waals surface area contributed by atoms with Crippen LogP contribution in [-0.2, 0) is 61.6 Å². The number of ether oxygens (including phenoxy) is 13. The molecule has 30 atom stereocenters. The minimum Gasteiger partial charge on any atom is -0.394 e. The van der Waals surface area contributed by atoms with Gasteiger partial charge in [0.2, 0.25) is 0 Å². The lowest BCUT2D eigenvalue weighted by Crippen LogP contribution is -2.69. The molecule has 22 aliphatic heterocycles. The molecule has 0 aromatic carbocycles. The third kappa shape index (κ3) is 11.5. The summed E-state index contributed by atoms with van der Waals surface area (Å²) >= 11 is 0. The summed E-state index contributed by atoms with van der Waals surface area (Å²) in [4.78, 5) is 0. The minimum atomic E-state index is -2.15. The fourth-order valence-electron chi connectivity index (χ4n) is 9.53. The Bertz CT molecular complexity index is 1670. The topological polar surface area (TPSA) is 464 Å². The molecule has 0 saturated carbocycles. The van der Waals surface area contributed by atoms with E-state index < -0.39 is 229 Å². The Morgan fingerprint density at radius 2 is 0.500 bits per heavy atom. The van der Waals surface area contributed by atoms with E-state index in [4.69, 9.17) is 61.6 Å². The smallest absolute Gasteiger partial charge is 0.187 e. The van der Waals surface area contributed by atoms with Gasteiger partial charge in [-0.1, -0.05) is 13.8 Å². The Morgan fingerprint density at radius 1 is 0.306 bits per heavy atom. The molecule has 420 valence electrons. The van der Waals surface area contributed by atoms with Crippen LogP contribution in [0.4, 0.5) is 0 Å². The molecule has 72 heavy (non-hydrogen) atoms. The standard InChI is InChI=1S/C42H72O30/c1-11(2)42(3,4)72-35-28(59)41-65-17(10-48)34(35)71-40-27(58)22(53)32(15(8-46)64-40)69-38-25(56)20(51)30(13(6-44)62-38)67-36-23(54)18(49)29(12(5-43)60-36)66-37-24(55)19(50)31(14(7-45)61-37)68-39-26(57)21(52)33(70-41)16(9-47)63-39/h11-41,43-59H,5-10H2,1-4H3/t12-,13-,14-,15-,16-,17-,18-,19-,20-,21-,22-,23-,24-,25-,26-,27-,28-,29-,30-,31-,32-,33-,34+,35-,36-,37-,38-,39-,40-,41-/m1/s1. The molecule has 22 saturated heterocycles. The Hall–Kier alpha value is -1.20. The van der Waals surface area contributed by atoms with Gasteiger partial charge < -0.3 is 148 Å². The van der Waals surface area contributed by atoms with Crippen LogP contribution in [-0.4, -0.2) is 316 Å². The van der Waals surface area contributed by atoms with Crippen LogP contribution in [0.25, 0.3) is 0 Å². The van der Waals surface area contributed by atoms with Crippen molar-refractivity contribution in [2.45, 2.75) is 218 Å². The Labute approximate surface area is 411 Å². The van der Waals surface area contributed by atoms with Crippen LogP contribution < -0.4 is 0 Å². The summed E-state index contributed by atoms with van der Waals surface area (Å²) in [6.07, 6.45) is -57.1. The zero-order chi connectivity index (χ0) is 52.8. The number of rotatable bonds is 9. The van der Waals surface area contributed by atoms with Gasteiger partial charge in [-0.15, -0.1) is 0 Å². The molecule has 0 aromatic rings. The van der Waals surface area contributed by atoms with Crippen molar-refractivity contribution in [3.63, 3.8) is 0 Å². The van der Waals surface area contributed by atoms with E-state index in [1.54, 1.807) is 27.7 Å². The molecule has 22 rings (SSSR count). The first-order valence-corrected chi connectivity index (χ1v) is 23.7. The highest BCUT2D eigenvalue weighted by Gasteiger charge is 2.59. The molecule has 22 aliphatic rings. The van der Waals surface area contributed by atoms with E-state index >= 15 is 0 Å². The van der Waals surface area contributed by atoms with E-state index in [9.17, 15) is 86.8 Å². The summed E-state index contributed by atoms with van der Waals surface area (Å²) in [5, 5.41) is 188. The summed E-state index contributed by atoms with van der Waals surface area (Å²) in [6.45, 7) is 1.03. The lowest BCUT2D eigenvalue weighted by atomic mass is 9.91. The third-order valence-electron chi connectivity index (χ3n) is 14.5. The normalized spacial score (nSPS) is 52.1. The molecule has 0 spiro atoms. The quantitative estimate of drug-likeness (QED) is 0.102. The number of aliphatic hydroxyl groups is 17. The average molecular weight is 1060 g/mol. The highest BCUT2D eigenvalue weighted by Crippen LogP contribution is 2.39. The summed E-state index contributed by atoms with van der Waals surface area (Å²) in [7, 11) is 0. The molecule has 30 nitrogen and oxygen atoms in total. The van der Waals surface area contributed by atoms with Crippen molar-refractivity contribution in [2.75, 3.05) is 39.6 Å². The summed E-state index contributed by atoms with van der Waals surface area (Å²) in [5.41, 5.74) is -1.12. The highest BCUT2D eigenvalue weighted by atomic mass is 16.8. The van der Waals surface area contributed by atoms with E-state index in [1.165, 1.54) is 0 Å². The first-order valence-electron chi connectivity index (χ1n) is 23.7. The van der Waals surface area contributed by atoms with Crippen LogP contribution in [0, 0.1) is 5.92 Å². The zero-order valence-corrected chi connectivity index (χ0v) is 39.6. The largest absolute Gasteiger partial charge is 0.394 e. The van der Waals surface area contributed by atoms with Gasteiger partial charge >= 0.3 is 0 Å². The van der Waals surface area contributed by atoms with Crippen molar-refractivity contribution in [2.24, 2.45) is 5.92 Å². The maximum atomic E-state index is 12.0. The Kier molecular flexibility index (Phi) is 19.7. The van der Waals surface area contributed by atoms with Gasteiger partial charge in [-0.25, -0.2) is 0 Å². The predicted molar refractivity (Wildman–Crippen MR) is 224 cm³/mol. The van der Waals surface area contributed by atoms with E-state index in [0.717, 1.165) is 0 Å². The van der Waals surface area contributed by atoms with Gasteiger partial charge in [0.25, 0.3) is 0 Å². The fourth-order valence-corrected chi connectivity index (χ4v) is 9.53. The maximum absolute atomic E-state index is 12.0. The molecular formula is C42H72O30. The van der Waals surface area contributed by atoms with Crippen LogP contribution in [0.2, 0.25) is 0 Å². The van der Waals surface area contributed by atoms with Crippen molar-refractivity contribution >= 4 is 0 Å². The molecule has 12 bridgehead atoms. The SMILES string of the molecule is CC(C)C(C)(C)O[C@@H]1[C@@H](O)[C@H]2O[C@H]3[C@H](O)[C@@H](O)[C@@H](O[C@H]4[C@H](O)[C@@H](O)[C@@H](O[C@H]5[C@H](O)[C@@H](O)[C@@H](O[C@H]6[C@H](O)[C@@H](O)[C@@H](O[C@H]7[C@H](O)[C@@H](O)[C@@H](O[C@H]1[C@@H](CO)O2)O[C@@H]7CO)O[C@@H]6CO)O[C@@H]5CO)O[C@@H]4CO)O[C@@H]3CO. The van der Waals surface area contributed by atoms with Gasteiger partial charge in [-0.05, 0) is 19.8 Å². The van der Waals surface area contributed by atoms with Crippen molar-refractivity contribution in [3.05, 3.63) is 0 Å². The molecule has 0 unspecified atom stereocenters. The van der Waals surface area contributed by atoms with Crippen LogP contribution in [0.15, 0.2) is 0 Å². The van der Waals surface area contributed by atoms with Gasteiger partial charge in [-0.3, -0.25) is 0 Å². The van der Waals surface area contributed by atoms with E-state index in [2.05, 4.69) is 0 Å². The Morgan fingerprint density at radius 3 is 0.708 bits per heavy atom. The van der Waals surface area contributed by atoms with Crippen LogP contribution in [0.1, 0.15) is 27.7 Å². The van der Waals surface area contributed by atoms with E-state index in [-0.39, 0.29) is 5.92 Å². The van der Waals surface area contributed by atoms with Crippen molar-refractivity contribution in [1.29, 1.82) is 0 Å². The lowest BCUT2D eigenvalue weighted by Gasteiger charge is -2.51. The second-order valence-electron chi connectivity index (χ2n) is 19.7. The zero-order valence-electron chi connectivity index (χ0n) is 39.6. The lowest BCUT2D eigenvalue weighted by molar-refractivity contribution is -0.406. The molecular weight excluding hydrogens is 984 g/mol. The van der Waals surface area contributed by atoms with Crippen molar-refractivity contribution < 1.29 is 148 Å². The van der Waals surface area contributed by atoms with E-state index in [1.807, 2.05) is 0 Å². The minimum absolute atomic E-state index is 0.283. The summed E-state index contributed by atoms with van der Waals surface area (Å²) < 4.78 is 76.2. The average Bonchev–Trinajstić information content (AvgIpc) is 3.35.